The molecule has 0 heterocycles. The highest BCUT2D eigenvalue weighted by Gasteiger charge is 2.57. The molecule has 1 atom stereocenters. The van der Waals surface area contributed by atoms with Crippen molar-refractivity contribution in [3.05, 3.63) is 28.3 Å². The molecule has 0 spiro atoms. The molecule has 2 N–H and O–H groups in total. The summed E-state index contributed by atoms with van der Waals surface area (Å²) in [6.07, 6.45) is 0.0112. The number of aliphatic hydroxyl groups excluding tert-OH is 1. The van der Waals surface area contributed by atoms with Gasteiger partial charge in [-0.1, -0.05) is 6.07 Å². The van der Waals surface area contributed by atoms with Crippen LogP contribution in [0.5, 0.6) is 5.75 Å². The molecule has 0 aliphatic heterocycles. The summed E-state index contributed by atoms with van der Waals surface area (Å²) in [5.41, 5.74) is 2.49. The first kappa shape index (κ1) is 13.9. The van der Waals surface area contributed by atoms with E-state index in [9.17, 15) is 15.0 Å². The molecule has 1 aromatic carbocycles. The molecular weight excluding hydrogens is 244 g/mol. The third kappa shape index (κ3) is 2.00. The lowest BCUT2D eigenvalue weighted by molar-refractivity contribution is -0.148. The number of carboxylic acid groups (broad SMARTS) is 1. The van der Waals surface area contributed by atoms with E-state index < -0.39 is 17.5 Å². The minimum absolute atomic E-state index is 0.513. The van der Waals surface area contributed by atoms with Crippen LogP contribution in [-0.4, -0.2) is 23.3 Å². The predicted molar refractivity (Wildman–Crippen MR) is 71.5 cm³/mol. The fraction of sp³-hybridized carbons (Fsp3) is 0.533. The molecule has 1 aliphatic carbocycles. The molecule has 0 aromatic heterocycles. The van der Waals surface area contributed by atoms with E-state index in [0.29, 0.717) is 24.2 Å². The van der Waals surface area contributed by atoms with Gasteiger partial charge in [0.15, 0.2) is 0 Å². The predicted octanol–water partition coefficient (Wildman–Crippen LogP) is 2.52. The second-order valence-electron chi connectivity index (χ2n) is 5.45. The van der Waals surface area contributed by atoms with Crippen molar-refractivity contribution in [3.8, 4) is 5.75 Å². The van der Waals surface area contributed by atoms with Gasteiger partial charge in [0.05, 0.1) is 18.6 Å². The zero-order valence-electron chi connectivity index (χ0n) is 11.8. The van der Waals surface area contributed by atoms with E-state index >= 15 is 0 Å². The van der Waals surface area contributed by atoms with Crippen molar-refractivity contribution in [2.24, 2.45) is 5.41 Å². The van der Waals surface area contributed by atoms with Crippen LogP contribution in [0.4, 0.5) is 0 Å². The number of ether oxygens (including phenoxy) is 1. The fourth-order valence-electron chi connectivity index (χ4n) is 2.69. The number of benzene rings is 1. The Morgan fingerprint density at radius 2 is 1.89 bits per heavy atom. The highest BCUT2D eigenvalue weighted by Crippen LogP contribution is 2.57. The lowest BCUT2D eigenvalue weighted by Crippen LogP contribution is -2.25. The Balaban J connectivity index is 2.57. The standard InChI is InChI=1S/C15H20O4/c1-8-7-9(2)11(12(19-4)10(8)3)13(16)15(5-6-15)14(17)18/h7,13,16H,5-6H2,1-4H3,(H,17,18). The highest BCUT2D eigenvalue weighted by atomic mass is 16.5. The van der Waals surface area contributed by atoms with E-state index in [1.807, 2.05) is 26.8 Å². The Morgan fingerprint density at radius 1 is 1.32 bits per heavy atom. The van der Waals surface area contributed by atoms with Gasteiger partial charge in [-0.05, 0) is 50.3 Å². The van der Waals surface area contributed by atoms with Crippen LogP contribution in [0.3, 0.4) is 0 Å². The molecule has 1 unspecified atom stereocenters. The van der Waals surface area contributed by atoms with Crippen LogP contribution in [-0.2, 0) is 4.79 Å². The molecule has 1 saturated carbocycles. The quantitative estimate of drug-likeness (QED) is 0.877. The average Bonchev–Trinajstić information content (AvgIpc) is 3.13. The summed E-state index contributed by atoms with van der Waals surface area (Å²) in [6, 6.07) is 1.97. The first-order chi connectivity index (χ1) is 8.85. The van der Waals surface area contributed by atoms with Crippen LogP contribution in [0.1, 0.15) is 41.2 Å². The number of rotatable bonds is 4. The van der Waals surface area contributed by atoms with Gasteiger partial charge in [0.25, 0.3) is 0 Å². The lowest BCUT2D eigenvalue weighted by atomic mass is 9.87. The largest absolute Gasteiger partial charge is 0.496 e. The van der Waals surface area contributed by atoms with Crippen LogP contribution in [0.15, 0.2) is 6.07 Å². The molecule has 1 aromatic rings. The van der Waals surface area contributed by atoms with E-state index in [-0.39, 0.29) is 0 Å². The molecule has 0 bridgehead atoms. The van der Waals surface area contributed by atoms with E-state index in [1.54, 1.807) is 7.11 Å². The smallest absolute Gasteiger partial charge is 0.312 e. The van der Waals surface area contributed by atoms with Crippen LogP contribution < -0.4 is 4.74 Å². The molecule has 19 heavy (non-hydrogen) atoms. The monoisotopic (exact) mass is 264 g/mol. The molecule has 2 rings (SSSR count). The van der Waals surface area contributed by atoms with E-state index in [4.69, 9.17) is 4.74 Å². The van der Waals surface area contributed by atoms with E-state index in [1.165, 1.54) is 0 Å². The first-order valence-corrected chi connectivity index (χ1v) is 6.41. The fourth-order valence-corrected chi connectivity index (χ4v) is 2.69. The van der Waals surface area contributed by atoms with Crippen LogP contribution in [0.2, 0.25) is 0 Å². The summed E-state index contributed by atoms with van der Waals surface area (Å²) in [5, 5.41) is 19.8. The molecule has 1 aliphatic rings. The molecule has 1 fully saturated rings. The third-order valence-electron chi connectivity index (χ3n) is 4.25. The maximum atomic E-state index is 11.4. The van der Waals surface area contributed by atoms with Crippen molar-refractivity contribution in [2.75, 3.05) is 7.11 Å². The Hall–Kier alpha value is -1.55. The number of aliphatic carboxylic acids is 1. The maximum absolute atomic E-state index is 11.4. The minimum Gasteiger partial charge on any atom is -0.496 e. The minimum atomic E-state index is -1.03. The van der Waals surface area contributed by atoms with Crippen LogP contribution >= 0.6 is 0 Å². The van der Waals surface area contributed by atoms with Gasteiger partial charge in [-0.2, -0.15) is 0 Å². The molecule has 0 saturated heterocycles. The molecule has 0 radical (unpaired) electrons. The van der Waals surface area contributed by atoms with E-state index in [0.717, 1.165) is 16.7 Å². The van der Waals surface area contributed by atoms with Crippen molar-refractivity contribution in [1.82, 2.24) is 0 Å². The zero-order valence-corrected chi connectivity index (χ0v) is 11.8. The molecule has 4 heteroatoms. The van der Waals surface area contributed by atoms with Crippen molar-refractivity contribution < 1.29 is 19.7 Å². The molecular formula is C15H20O4. The van der Waals surface area contributed by atoms with Crippen LogP contribution in [0, 0.1) is 26.2 Å². The summed E-state index contributed by atoms with van der Waals surface area (Å²) in [7, 11) is 1.55. The number of hydrogen-bond acceptors (Lipinski definition) is 3. The van der Waals surface area contributed by atoms with Crippen molar-refractivity contribution in [2.45, 2.75) is 39.7 Å². The topological polar surface area (TPSA) is 66.8 Å². The molecule has 4 nitrogen and oxygen atoms in total. The van der Waals surface area contributed by atoms with Gasteiger partial charge in [-0.15, -0.1) is 0 Å². The summed E-state index contributed by atoms with van der Waals surface area (Å²) in [4.78, 5) is 11.4. The number of aliphatic hydroxyl groups is 1. The SMILES string of the molecule is COc1c(C)c(C)cc(C)c1C(O)C1(C(=O)O)CC1. The highest BCUT2D eigenvalue weighted by molar-refractivity contribution is 5.79. The van der Waals surface area contributed by atoms with E-state index in [2.05, 4.69) is 0 Å². The van der Waals surface area contributed by atoms with Crippen molar-refractivity contribution in [1.29, 1.82) is 0 Å². The lowest BCUT2D eigenvalue weighted by Gasteiger charge is -2.24. The van der Waals surface area contributed by atoms with Crippen molar-refractivity contribution >= 4 is 5.97 Å². The summed E-state index contributed by atoms with van der Waals surface area (Å²) < 4.78 is 5.41. The second-order valence-corrected chi connectivity index (χ2v) is 5.45. The van der Waals surface area contributed by atoms with Gasteiger partial charge < -0.3 is 14.9 Å². The average molecular weight is 264 g/mol. The number of methoxy groups -OCH3 is 1. The second kappa shape index (κ2) is 4.53. The zero-order chi connectivity index (χ0) is 14.4. The van der Waals surface area contributed by atoms with Gasteiger partial charge in [0, 0.05) is 5.56 Å². The Bertz CT molecular complexity index is 529. The summed E-state index contributed by atoms with van der Waals surface area (Å²) >= 11 is 0. The summed E-state index contributed by atoms with van der Waals surface area (Å²) in [5.74, 6) is -0.322. The van der Waals surface area contributed by atoms with Gasteiger partial charge in [-0.25, -0.2) is 0 Å². The molecule has 0 amide bonds. The third-order valence-corrected chi connectivity index (χ3v) is 4.25. The number of carbonyl (C=O) groups is 1. The Kier molecular flexibility index (Phi) is 3.31. The van der Waals surface area contributed by atoms with Gasteiger partial charge in [0.1, 0.15) is 5.75 Å². The number of aryl methyl sites for hydroxylation is 2. The van der Waals surface area contributed by atoms with Gasteiger partial charge in [-0.3, -0.25) is 4.79 Å². The number of carboxylic acids is 1. The number of hydrogen-bond donors (Lipinski definition) is 2. The Morgan fingerprint density at radius 3 is 2.32 bits per heavy atom. The molecule has 104 valence electrons. The summed E-state index contributed by atoms with van der Waals surface area (Å²) in [6.45, 7) is 5.78. The van der Waals surface area contributed by atoms with Crippen LogP contribution in [0.25, 0.3) is 0 Å². The normalized spacial score (nSPS) is 17.9. The van der Waals surface area contributed by atoms with Gasteiger partial charge >= 0.3 is 5.97 Å². The maximum Gasteiger partial charge on any atom is 0.312 e. The van der Waals surface area contributed by atoms with Crippen molar-refractivity contribution in [3.63, 3.8) is 0 Å². The first-order valence-electron chi connectivity index (χ1n) is 6.41. The van der Waals surface area contributed by atoms with Gasteiger partial charge in [0.2, 0.25) is 0 Å². The Labute approximate surface area is 113 Å².